The van der Waals surface area contributed by atoms with Crippen molar-refractivity contribution < 1.29 is 9.53 Å². The Balaban J connectivity index is 2.50. The van der Waals surface area contributed by atoms with Gasteiger partial charge in [-0.3, -0.25) is 4.79 Å². The largest absolute Gasteiger partial charge is 0.372 e. The molecule has 0 radical (unpaired) electrons. The highest BCUT2D eigenvalue weighted by molar-refractivity contribution is 6.30. The molecule has 0 saturated heterocycles. The van der Waals surface area contributed by atoms with Gasteiger partial charge in [-0.1, -0.05) is 23.7 Å². The lowest BCUT2D eigenvalue weighted by atomic mass is 10.2. The zero-order valence-corrected chi connectivity index (χ0v) is 10.3. The smallest absolute Gasteiger partial charge is 0.248 e. The number of amides is 1. The molecular formula is C12H16ClNO2. The van der Waals surface area contributed by atoms with Crippen molar-refractivity contribution in [3.63, 3.8) is 0 Å². The fourth-order valence-electron chi connectivity index (χ4n) is 1.30. The monoisotopic (exact) mass is 241 g/mol. The number of benzene rings is 1. The van der Waals surface area contributed by atoms with Crippen molar-refractivity contribution in [3.05, 3.63) is 34.9 Å². The van der Waals surface area contributed by atoms with E-state index in [1.165, 1.54) is 0 Å². The maximum absolute atomic E-state index is 11.6. The number of carbonyl (C=O) groups is 1. The average molecular weight is 242 g/mol. The first-order valence-electron chi connectivity index (χ1n) is 5.19. The molecule has 0 aliphatic heterocycles. The molecule has 3 nitrogen and oxygen atoms in total. The molecule has 88 valence electrons. The Kier molecular flexibility index (Phi) is 5.29. The molecule has 1 rings (SSSR count). The standard InChI is InChI=1S/C12H16ClNO2/c1-3-16-9-12(15)14(2)8-10-5-4-6-11(13)7-10/h4-7H,3,8-9H2,1-2H3. The number of nitrogens with zero attached hydrogens (tertiary/aromatic N) is 1. The molecule has 0 aliphatic rings. The van der Waals surface area contributed by atoms with Gasteiger partial charge in [0.2, 0.25) is 5.91 Å². The Morgan fingerprint density at radius 3 is 2.88 bits per heavy atom. The molecule has 0 aliphatic carbocycles. The lowest BCUT2D eigenvalue weighted by Crippen LogP contribution is -2.29. The summed E-state index contributed by atoms with van der Waals surface area (Å²) in [6, 6.07) is 7.48. The Hall–Kier alpha value is -1.06. The molecule has 0 aromatic heterocycles. The zero-order chi connectivity index (χ0) is 12.0. The summed E-state index contributed by atoms with van der Waals surface area (Å²) in [6.45, 7) is 3.10. The van der Waals surface area contributed by atoms with Crippen molar-refractivity contribution in [1.82, 2.24) is 4.90 Å². The van der Waals surface area contributed by atoms with Crippen LogP contribution in [0.3, 0.4) is 0 Å². The van der Waals surface area contributed by atoms with Crippen LogP contribution in [0.1, 0.15) is 12.5 Å². The predicted octanol–water partition coefficient (Wildman–Crippen LogP) is 2.33. The van der Waals surface area contributed by atoms with Gasteiger partial charge in [-0.05, 0) is 24.6 Å². The maximum Gasteiger partial charge on any atom is 0.248 e. The van der Waals surface area contributed by atoms with Crippen LogP contribution in [0.5, 0.6) is 0 Å². The molecule has 1 amide bonds. The van der Waals surface area contributed by atoms with Crippen molar-refractivity contribution >= 4 is 17.5 Å². The molecule has 0 fully saturated rings. The SMILES string of the molecule is CCOCC(=O)N(C)Cc1cccc(Cl)c1. The van der Waals surface area contributed by atoms with Gasteiger partial charge in [-0.25, -0.2) is 0 Å². The minimum absolute atomic E-state index is 0.0261. The molecule has 0 unspecified atom stereocenters. The lowest BCUT2D eigenvalue weighted by molar-refractivity contribution is -0.135. The fourth-order valence-corrected chi connectivity index (χ4v) is 1.51. The van der Waals surface area contributed by atoms with Gasteiger partial charge in [-0.2, -0.15) is 0 Å². The number of rotatable bonds is 5. The van der Waals surface area contributed by atoms with Gasteiger partial charge in [0.25, 0.3) is 0 Å². The Morgan fingerprint density at radius 1 is 1.50 bits per heavy atom. The van der Waals surface area contributed by atoms with Crippen molar-refractivity contribution in [2.45, 2.75) is 13.5 Å². The van der Waals surface area contributed by atoms with Crippen LogP contribution in [0.2, 0.25) is 5.02 Å². The van der Waals surface area contributed by atoms with Gasteiger partial charge in [0.15, 0.2) is 0 Å². The second-order valence-electron chi connectivity index (χ2n) is 3.52. The summed E-state index contributed by atoms with van der Waals surface area (Å²) in [7, 11) is 1.75. The second-order valence-corrected chi connectivity index (χ2v) is 3.95. The lowest BCUT2D eigenvalue weighted by Gasteiger charge is -2.17. The number of carbonyl (C=O) groups excluding carboxylic acids is 1. The van der Waals surface area contributed by atoms with Crippen molar-refractivity contribution in [2.75, 3.05) is 20.3 Å². The van der Waals surface area contributed by atoms with E-state index in [2.05, 4.69) is 0 Å². The van der Waals surface area contributed by atoms with E-state index >= 15 is 0 Å². The highest BCUT2D eigenvalue weighted by Crippen LogP contribution is 2.12. The molecular weight excluding hydrogens is 226 g/mol. The normalized spacial score (nSPS) is 10.2. The van der Waals surface area contributed by atoms with Crippen molar-refractivity contribution in [2.24, 2.45) is 0 Å². The summed E-state index contributed by atoms with van der Waals surface area (Å²) >= 11 is 5.86. The molecule has 1 aromatic carbocycles. The Bertz CT molecular complexity index is 355. The van der Waals surface area contributed by atoms with E-state index in [1.54, 1.807) is 11.9 Å². The van der Waals surface area contributed by atoms with E-state index in [4.69, 9.17) is 16.3 Å². The van der Waals surface area contributed by atoms with Crippen molar-refractivity contribution in [3.8, 4) is 0 Å². The maximum atomic E-state index is 11.6. The van der Waals surface area contributed by atoms with Gasteiger partial charge >= 0.3 is 0 Å². The second kappa shape index (κ2) is 6.51. The summed E-state index contributed by atoms with van der Waals surface area (Å²) in [4.78, 5) is 13.2. The third kappa shape index (κ3) is 4.21. The van der Waals surface area contributed by atoms with E-state index in [1.807, 2.05) is 31.2 Å². The third-order valence-electron chi connectivity index (χ3n) is 2.16. The first-order chi connectivity index (χ1) is 7.63. The minimum atomic E-state index is -0.0261. The summed E-state index contributed by atoms with van der Waals surface area (Å²) in [5.74, 6) is -0.0261. The molecule has 0 saturated carbocycles. The third-order valence-corrected chi connectivity index (χ3v) is 2.40. The van der Waals surface area contributed by atoms with Crippen LogP contribution >= 0.6 is 11.6 Å². The van der Waals surface area contributed by atoms with Crippen molar-refractivity contribution in [1.29, 1.82) is 0 Å². The van der Waals surface area contributed by atoms with Crippen LogP contribution in [0.4, 0.5) is 0 Å². The van der Waals surface area contributed by atoms with E-state index in [0.717, 1.165) is 5.56 Å². The molecule has 0 atom stereocenters. The molecule has 1 aromatic rings. The van der Waals surface area contributed by atoms with Crippen LogP contribution in [0, 0.1) is 0 Å². The Morgan fingerprint density at radius 2 is 2.25 bits per heavy atom. The van der Waals surface area contributed by atoms with Gasteiger partial charge in [0.1, 0.15) is 6.61 Å². The quantitative estimate of drug-likeness (QED) is 0.792. The summed E-state index contributed by atoms with van der Waals surface area (Å²) < 4.78 is 5.06. The number of likely N-dealkylation sites (N-methyl/N-ethyl adjacent to an activating group) is 1. The molecule has 4 heteroatoms. The summed E-state index contributed by atoms with van der Waals surface area (Å²) in [6.07, 6.45) is 0. The minimum Gasteiger partial charge on any atom is -0.372 e. The fraction of sp³-hybridized carbons (Fsp3) is 0.417. The van der Waals surface area contributed by atoms with Gasteiger partial charge in [0.05, 0.1) is 0 Å². The Labute approximate surface area is 101 Å². The molecule has 0 bridgehead atoms. The highest BCUT2D eigenvalue weighted by atomic mass is 35.5. The van der Waals surface area contributed by atoms with E-state index in [-0.39, 0.29) is 12.5 Å². The van der Waals surface area contributed by atoms with Crippen LogP contribution in [0.15, 0.2) is 24.3 Å². The molecule has 16 heavy (non-hydrogen) atoms. The molecule has 0 spiro atoms. The molecule has 0 N–H and O–H groups in total. The number of halogens is 1. The average Bonchev–Trinajstić information content (AvgIpc) is 2.25. The van der Waals surface area contributed by atoms with Crippen LogP contribution in [-0.2, 0) is 16.1 Å². The molecule has 0 heterocycles. The number of hydrogen-bond donors (Lipinski definition) is 0. The first-order valence-corrected chi connectivity index (χ1v) is 5.57. The zero-order valence-electron chi connectivity index (χ0n) is 9.57. The van der Waals surface area contributed by atoms with E-state index in [0.29, 0.717) is 18.2 Å². The van der Waals surface area contributed by atoms with Crippen LogP contribution < -0.4 is 0 Å². The van der Waals surface area contributed by atoms with Gasteiger partial charge in [0, 0.05) is 25.2 Å². The summed E-state index contributed by atoms with van der Waals surface area (Å²) in [5.41, 5.74) is 1.01. The van der Waals surface area contributed by atoms with Gasteiger partial charge < -0.3 is 9.64 Å². The summed E-state index contributed by atoms with van der Waals surface area (Å²) in [5, 5.41) is 0.683. The topological polar surface area (TPSA) is 29.5 Å². The predicted molar refractivity (Wildman–Crippen MR) is 64.4 cm³/mol. The van der Waals surface area contributed by atoms with E-state index < -0.39 is 0 Å². The van der Waals surface area contributed by atoms with Crippen LogP contribution in [-0.4, -0.2) is 31.1 Å². The highest BCUT2D eigenvalue weighted by Gasteiger charge is 2.08. The van der Waals surface area contributed by atoms with Gasteiger partial charge in [-0.15, -0.1) is 0 Å². The van der Waals surface area contributed by atoms with E-state index in [9.17, 15) is 4.79 Å². The van der Waals surface area contributed by atoms with Crippen LogP contribution in [0.25, 0.3) is 0 Å². The number of ether oxygens (including phenoxy) is 1. The first kappa shape index (κ1) is 13.0. The number of hydrogen-bond acceptors (Lipinski definition) is 2.